The predicted molar refractivity (Wildman–Crippen MR) is 72.3 cm³/mol. The van der Waals surface area contributed by atoms with E-state index in [0.29, 0.717) is 6.61 Å². The van der Waals surface area contributed by atoms with E-state index in [1.807, 2.05) is 30.8 Å². The third-order valence-corrected chi connectivity index (χ3v) is 3.38. The molecule has 90 valence electrons. The Morgan fingerprint density at radius 1 is 1.25 bits per heavy atom. The topological polar surface area (TPSA) is 35.2 Å². The molecule has 1 aromatic rings. The fraction of sp³-hybridized carbons (Fsp3) is 0.538. The molecule has 0 aliphatic rings. The number of nitrogen functional groups attached to an aromatic ring is 1. The summed E-state index contributed by atoms with van der Waals surface area (Å²) in [7, 11) is 0. The van der Waals surface area contributed by atoms with Gasteiger partial charge in [0.2, 0.25) is 0 Å². The van der Waals surface area contributed by atoms with Crippen LogP contribution in [0.2, 0.25) is 0 Å². The Hall–Kier alpha value is -0.830. The first kappa shape index (κ1) is 13.2. The van der Waals surface area contributed by atoms with Crippen LogP contribution < -0.4 is 10.5 Å². The predicted octanol–water partition coefficient (Wildman–Crippen LogP) is 3.95. The molecule has 0 aromatic heterocycles. The monoisotopic (exact) mass is 239 g/mol. The highest BCUT2D eigenvalue weighted by Crippen LogP contribution is 2.29. The summed E-state index contributed by atoms with van der Waals surface area (Å²) < 4.78 is 5.47. The van der Waals surface area contributed by atoms with Crippen molar-refractivity contribution in [2.45, 2.75) is 38.0 Å². The molecular formula is C13H21NOS. The molecule has 0 bridgehead atoms. The average Bonchev–Trinajstić information content (AvgIpc) is 2.29. The Morgan fingerprint density at radius 2 is 2.06 bits per heavy atom. The first-order valence-corrected chi connectivity index (χ1v) is 6.91. The van der Waals surface area contributed by atoms with Crippen LogP contribution in [0.3, 0.4) is 0 Å². The zero-order chi connectivity index (χ0) is 11.8. The first-order valence-electron chi connectivity index (χ1n) is 5.93. The van der Waals surface area contributed by atoms with Gasteiger partial charge in [-0.15, -0.1) is 11.8 Å². The Bertz CT molecular complexity index is 315. The van der Waals surface area contributed by atoms with Gasteiger partial charge in [0.05, 0.1) is 12.3 Å². The van der Waals surface area contributed by atoms with Crippen molar-refractivity contribution >= 4 is 17.4 Å². The lowest BCUT2D eigenvalue weighted by Gasteiger charge is -2.08. The lowest BCUT2D eigenvalue weighted by Crippen LogP contribution is -1.96. The van der Waals surface area contributed by atoms with Gasteiger partial charge < -0.3 is 10.5 Å². The number of hydrogen-bond donors (Lipinski definition) is 1. The molecule has 0 atom stereocenters. The highest BCUT2D eigenvalue weighted by molar-refractivity contribution is 7.99. The van der Waals surface area contributed by atoms with Gasteiger partial charge in [-0.05, 0) is 37.3 Å². The molecule has 16 heavy (non-hydrogen) atoms. The van der Waals surface area contributed by atoms with Crippen molar-refractivity contribution in [2.24, 2.45) is 0 Å². The van der Waals surface area contributed by atoms with E-state index in [0.717, 1.165) is 11.4 Å². The van der Waals surface area contributed by atoms with E-state index in [2.05, 4.69) is 13.0 Å². The van der Waals surface area contributed by atoms with Crippen LogP contribution >= 0.6 is 11.8 Å². The molecule has 0 aliphatic carbocycles. The zero-order valence-corrected chi connectivity index (χ0v) is 11.0. The fourth-order valence-corrected chi connectivity index (χ4v) is 2.37. The summed E-state index contributed by atoms with van der Waals surface area (Å²) in [6, 6.07) is 6.02. The second-order valence-electron chi connectivity index (χ2n) is 3.69. The van der Waals surface area contributed by atoms with Crippen molar-refractivity contribution in [1.82, 2.24) is 0 Å². The van der Waals surface area contributed by atoms with E-state index >= 15 is 0 Å². The minimum atomic E-state index is 0.661. The summed E-state index contributed by atoms with van der Waals surface area (Å²) >= 11 is 1.87. The molecular weight excluding hydrogens is 218 g/mol. The van der Waals surface area contributed by atoms with Crippen LogP contribution in [0.25, 0.3) is 0 Å². The summed E-state index contributed by atoms with van der Waals surface area (Å²) in [5.74, 6) is 1.98. The zero-order valence-electron chi connectivity index (χ0n) is 10.2. The summed E-state index contributed by atoms with van der Waals surface area (Å²) in [4.78, 5) is 1.24. The average molecular weight is 239 g/mol. The number of rotatable bonds is 7. The smallest absolute Gasteiger partial charge is 0.143 e. The number of nitrogens with two attached hydrogens (primary N) is 1. The van der Waals surface area contributed by atoms with Crippen LogP contribution in [0.15, 0.2) is 23.1 Å². The quantitative estimate of drug-likeness (QED) is 0.444. The lowest BCUT2D eigenvalue weighted by molar-refractivity contribution is 0.341. The van der Waals surface area contributed by atoms with Crippen molar-refractivity contribution in [3.63, 3.8) is 0 Å². The molecule has 0 amide bonds. The van der Waals surface area contributed by atoms with E-state index in [4.69, 9.17) is 10.5 Å². The minimum Gasteiger partial charge on any atom is -0.492 e. The maximum Gasteiger partial charge on any atom is 0.143 e. The van der Waals surface area contributed by atoms with Crippen LogP contribution in [0.5, 0.6) is 5.75 Å². The van der Waals surface area contributed by atoms with E-state index in [9.17, 15) is 0 Å². The van der Waals surface area contributed by atoms with Gasteiger partial charge in [0.1, 0.15) is 5.75 Å². The van der Waals surface area contributed by atoms with Crippen LogP contribution in [-0.2, 0) is 0 Å². The van der Waals surface area contributed by atoms with Gasteiger partial charge in [-0.2, -0.15) is 0 Å². The molecule has 0 unspecified atom stereocenters. The van der Waals surface area contributed by atoms with Gasteiger partial charge >= 0.3 is 0 Å². The molecule has 0 aliphatic heterocycles. The van der Waals surface area contributed by atoms with Crippen molar-refractivity contribution in [2.75, 3.05) is 18.1 Å². The van der Waals surface area contributed by atoms with Gasteiger partial charge in [0, 0.05) is 4.90 Å². The van der Waals surface area contributed by atoms with Gasteiger partial charge in [-0.3, -0.25) is 0 Å². The number of thioether (sulfide) groups is 1. The maximum atomic E-state index is 5.82. The summed E-state index contributed by atoms with van der Waals surface area (Å²) in [6.07, 6.45) is 3.85. The van der Waals surface area contributed by atoms with Crippen LogP contribution in [0, 0.1) is 0 Å². The molecule has 1 rings (SSSR count). The number of ether oxygens (including phenoxy) is 1. The van der Waals surface area contributed by atoms with Crippen molar-refractivity contribution in [3.8, 4) is 5.75 Å². The Morgan fingerprint density at radius 3 is 2.75 bits per heavy atom. The minimum absolute atomic E-state index is 0.661. The van der Waals surface area contributed by atoms with E-state index in [1.165, 1.54) is 29.9 Å². The number of unbranched alkanes of at least 4 members (excludes halogenated alkanes) is 2. The summed E-state index contributed by atoms with van der Waals surface area (Å²) in [5, 5.41) is 0. The molecule has 2 nitrogen and oxygen atoms in total. The highest BCUT2D eigenvalue weighted by Gasteiger charge is 2.02. The second-order valence-corrected chi connectivity index (χ2v) is 4.86. The largest absolute Gasteiger partial charge is 0.492 e. The lowest BCUT2D eigenvalue weighted by atomic mass is 10.3. The molecule has 2 N–H and O–H groups in total. The molecule has 0 spiro atoms. The van der Waals surface area contributed by atoms with Crippen LogP contribution in [0.4, 0.5) is 5.69 Å². The van der Waals surface area contributed by atoms with Crippen molar-refractivity contribution in [3.05, 3.63) is 18.2 Å². The number of hydrogen-bond acceptors (Lipinski definition) is 3. The molecule has 0 heterocycles. The van der Waals surface area contributed by atoms with E-state index < -0.39 is 0 Å². The molecule has 0 fully saturated rings. The highest BCUT2D eigenvalue weighted by atomic mass is 32.2. The first-order chi connectivity index (χ1) is 7.77. The molecule has 0 radical (unpaired) electrons. The van der Waals surface area contributed by atoms with E-state index in [-0.39, 0.29) is 0 Å². The molecule has 1 aromatic carbocycles. The van der Waals surface area contributed by atoms with Crippen molar-refractivity contribution in [1.29, 1.82) is 0 Å². The Balaban J connectivity index is 2.50. The molecule has 3 heteroatoms. The second kappa shape index (κ2) is 7.44. The third-order valence-electron chi connectivity index (χ3n) is 2.30. The van der Waals surface area contributed by atoms with Crippen molar-refractivity contribution < 1.29 is 4.74 Å². The Kier molecular flexibility index (Phi) is 6.16. The van der Waals surface area contributed by atoms with Crippen LogP contribution in [-0.4, -0.2) is 12.4 Å². The normalized spacial score (nSPS) is 10.4. The Labute approximate surface area is 103 Å². The SMILES string of the molecule is CCCCCSc1ccc(N)c(OCC)c1. The molecule has 0 saturated heterocycles. The van der Waals surface area contributed by atoms with Crippen LogP contribution in [0.1, 0.15) is 33.1 Å². The van der Waals surface area contributed by atoms with Gasteiger partial charge in [-0.1, -0.05) is 19.8 Å². The standard InChI is InChI=1S/C13H21NOS/c1-3-5-6-9-16-11-7-8-12(14)13(10-11)15-4-2/h7-8,10H,3-6,9,14H2,1-2H3. The van der Waals surface area contributed by atoms with E-state index in [1.54, 1.807) is 0 Å². The van der Waals surface area contributed by atoms with Gasteiger partial charge in [0.15, 0.2) is 0 Å². The fourth-order valence-electron chi connectivity index (χ4n) is 1.43. The molecule has 0 saturated carbocycles. The van der Waals surface area contributed by atoms with Gasteiger partial charge in [0.25, 0.3) is 0 Å². The summed E-state index contributed by atoms with van der Waals surface area (Å²) in [5.41, 5.74) is 6.54. The number of anilines is 1. The third kappa shape index (κ3) is 4.35. The summed E-state index contributed by atoms with van der Waals surface area (Å²) in [6.45, 7) is 4.86. The maximum absolute atomic E-state index is 5.82. The number of benzene rings is 1. The van der Waals surface area contributed by atoms with Gasteiger partial charge in [-0.25, -0.2) is 0 Å².